The molecular formula is C13H11N3O2S. The second kappa shape index (κ2) is 5.98. The highest BCUT2D eigenvalue weighted by Gasteiger charge is 2.08. The fourth-order valence-electron chi connectivity index (χ4n) is 1.51. The van der Waals surface area contributed by atoms with E-state index in [0.29, 0.717) is 15.8 Å². The number of nitrogens with one attached hydrogen (secondary N) is 1. The van der Waals surface area contributed by atoms with Crippen LogP contribution in [0.1, 0.15) is 10.4 Å². The third-order valence-electron chi connectivity index (χ3n) is 2.36. The number of carbonyl (C=O) groups excluding carboxylic acids is 1. The van der Waals surface area contributed by atoms with Crippen LogP contribution in [0.4, 0.5) is 5.13 Å². The first-order valence-electron chi connectivity index (χ1n) is 5.50. The van der Waals surface area contributed by atoms with Gasteiger partial charge < -0.3 is 10.1 Å². The zero-order chi connectivity index (χ0) is 13.7. The summed E-state index contributed by atoms with van der Waals surface area (Å²) in [4.78, 5) is 16.2. The highest BCUT2D eigenvalue weighted by Crippen LogP contribution is 2.18. The molecule has 1 amide bonds. The maximum atomic E-state index is 11.8. The van der Waals surface area contributed by atoms with Gasteiger partial charge in [-0.1, -0.05) is 23.5 Å². The second-order valence-electron chi connectivity index (χ2n) is 3.72. The van der Waals surface area contributed by atoms with Crippen molar-refractivity contribution in [3.63, 3.8) is 0 Å². The van der Waals surface area contributed by atoms with Crippen molar-refractivity contribution in [1.29, 1.82) is 5.26 Å². The van der Waals surface area contributed by atoms with E-state index in [1.54, 1.807) is 7.11 Å². The molecule has 5 nitrogen and oxygen atoms in total. The van der Waals surface area contributed by atoms with E-state index in [1.807, 2.05) is 30.3 Å². The summed E-state index contributed by atoms with van der Waals surface area (Å²) in [7, 11) is 1.58. The monoisotopic (exact) mass is 273 g/mol. The van der Waals surface area contributed by atoms with Gasteiger partial charge in [0.25, 0.3) is 0 Å². The number of nitriles is 1. The minimum absolute atomic E-state index is 0.174. The molecule has 1 aromatic heterocycles. The molecule has 0 aliphatic heterocycles. The Balaban J connectivity index is 1.99. The van der Waals surface area contributed by atoms with Crippen LogP contribution in [0.25, 0.3) is 0 Å². The number of hydrogen-bond donors (Lipinski definition) is 1. The number of nitrogens with zero attached hydrogens (tertiary/aromatic N) is 2. The largest absolute Gasteiger partial charge is 0.497 e. The number of benzene rings is 1. The van der Waals surface area contributed by atoms with Gasteiger partial charge in [0.1, 0.15) is 16.7 Å². The molecule has 0 atom stereocenters. The summed E-state index contributed by atoms with van der Waals surface area (Å²) in [5.41, 5.74) is 0.855. The number of aromatic nitrogens is 1. The van der Waals surface area contributed by atoms with Gasteiger partial charge in [-0.15, -0.1) is 0 Å². The van der Waals surface area contributed by atoms with Crippen molar-refractivity contribution in [2.24, 2.45) is 0 Å². The molecule has 2 aromatic rings. The Morgan fingerprint density at radius 3 is 3.11 bits per heavy atom. The van der Waals surface area contributed by atoms with Crippen LogP contribution in [-0.4, -0.2) is 18.0 Å². The van der Waals surface area contributed by atoms with E-state index in [9.17, 15) is 4.79 Å². The molecule has 0 unspecified atom stereocenters. The van der Waals surface area contributed by atoms with Crippen LogP contribution < -0.4 is 10.1 Å². The Morgan fingerprint density at radius 1 is 1.58 bits per heavy atom. The standard InChI is InChI=1S/C13H11N3O2S/c1-18-10-4-2-3-9(5-10)6-12(17)16-13-15-8-11(7-14)19-13/h2-5,8H,6H2,1H3,(H,15,16,17). The van der Waals surface area contributed by atoms with Gasteiger partial charge in [-0.25, -0.2) is 4.98 Å². The van der Waals surface area contributed by atoms with Crippen molar-refractivity contribution in [1.82, 2.24) is 4.98 Å². The fourth-order valence-corrected chi connectivity index (χ4v) is 2.14. The zero-order valence-electron chi connectivity index (χ0n) is 10.2. The molecule has 96 valence electrons. The molecule has 0 saturated heterocycles. The van der Waals surface area contributed by atoms with Gasteiger partial charge in [-0.2, -0.15) is 5.26 Å². The molecule has 0 fully saturated rings. The molecule has 1 heterocycles. The van der Waals surface area contributed by atoms with Gasteiger partial charge >= 0.3 is 0 Å². The smallest absolute Gasteiger partial charge is 0.230 e. The lowest BCUT2D eigenvalue weighted by Gasteiger charge is -2.04. The average Bonchev–Trinajstić information content (AvgIpc) is 2.86. The zero-order valence-corrected chi connectivity index (χ0v) is 11.0. The number of anilines is 1. The van der Waals surface area contributed by atoms with E-state index in [0.717, 1.165) is 16.9 Å². The Bertz CT molecular complexity index is 631. The lowest BCUT2D eigenvalue weighted by atomic mass is 10.1. The summed E-state index contributed by atoms with van der Waals surface area (Å²) in [5, 5.41) is 11.8. The molecule has 0 aliphatic carbocycles. The van der Waals surface area contributed by atoms with Crippen LogP contribution in [0.15, 0.2) is 30.5 Å². The summed E-state index contributed by atoms with van der Waals surface area (Å²) < 4.78 is 5.09. The number of amides is 1. The van der Waals surface area contributed by atoms with Crippen LogP contribution in [0.3, 0.4) is 0 Å². The molecule has 1 aromatic carbocycles. The van der Waals surface area contributed by atoms with Crippen molar-refractivity contribution >= 4 is 22.4 Å². The first kappa shape index (κ1) is 13.1. The molecule has 6 heteroatoms. The van der Waals surface area contributed by atoms with Crippen LogP contribution in [0.2, 0.25) is 0 Å². The number of carbonyl (C=O) groups is 1. The van der Waals surface area contributed by atoms with Crippen molar-refractivity contribution in [3.8, 4) is 11.8 Å². The summed E-state index contributed by atoms with van der Waals surface area (Å²) in [5.74, 6) is 0.540. The molecule has 2 rings (SSSR count). The van der Waals surface area contributed by atoms with Crippen molar-refractivity contribution < 1.29 is 9.53 Å². The van der Waals surface area contributed by atoms with Gasteiger partial charge in [-0.3, -0.25) is 4.79 Å². The van der Waals surface area contributed by atoms with Crippen LogP contribution in [0, 0.1) is 11.3 Å². The van der Waals surface area contributed by atoms with Gasteiger partial charge in [0, 0.05) is 0 Å². The van der Waals surface area contributed by atoms with Gasteiger partial charge in [0.05, 0.1) is 19.7 Å². The van der Waals surface area contributed by atoms with E-state index in [4.69, 9.17) is 10.00 Å². The van der Waals surface area contributed by atoms with Gasteiger partial charge in [-0.05, 0) is 17.7 Å². The van der Waals surface area contributed by atoms with Gasteiger partial charge in [0.15, 0.2) is 5.13 Å². The predicted molar refractivity (Wildman–Crippen MR) is 72.2 cm³/mol. The number of hydrogen-bond acceptors (Lipinski definition) is 5. The van der Waals surface area contributed by atoms with Crippen molar-refractivity contribution in [3.05, 3.63) is 40.9 Å². The first-order chi connectivity index (χ1) is 9.21. The number of thiazole rings is 1. The number of ether oxygens (including phenoxy) is 1. The number of rotatable bonds is 4. The lowest BCUT2D eigenvalue weighted by Crippen LogP contribution is -2.14. The Labute approximate surface area is 114 Å². The Hall–Kier alpha value is -2.39. The summed E-state index contributed by atoms with van der Waals surface area (Å²) in [6.07, 6.45) is 1.67. The minimum atomic E-state index is -0.174. The maximum absolute atomic E-state index is 11.8. The quantitative estimate of drug-likeness (QED) is 0.926. The fraction of sp³-hybridized carbons (Fsp3) is 0.154. The molecule has 19 heavy (non-hydrogen) atoms. The summed E-state index contributed by atoms with van der Waals surface area (Å²) in [6, 6.07) is 9.29. The van der Waals surface area contributed by atoms with E-state index >= 15 is 0 Å². The second-order valence-corrected chi connectivity index (χ2v) is 4.75. The third-order valence-corrected chi connectivity index (χ3v) is 3.18. The van der Waals surface area contributed by atoms with E-state index in [-0.39, 0.29) is 12.3 Å². The average molecular weight is 273 g/mol. The molecule has 0 aliphatic rings. The van der Waals surface area contributed by atoms with Crippen molar-refractivity contribution in [2.45, 2.75) is 6.42 Å². The van der Waals surface area contributed by atoms with Crippen LogP contribution in [0.5, 0.6) is 5.75 Å². The van der Waals surface area contributed by atoms with Crippen LogP contribution >= 0.6 is 11.3 Å². The van der Waals surface area contributed by atoms with E-state index in [2.05, 4.69) is 10.3 Å². The highest BCUT2D eigenvalue weighted by atomic mass is 32.1. The molecule has 0 spiro atoms. The molecular weight excluding hydrogens is 262 g/mol. The molecule has 0 radical (unpaired) electrons. The molecule has 0 saturated carbocycles. The Morgan fingerprint density at radius 2 is 2.42 bits per heavy atom. The van der Waals surface area contributed by atoms with E-state index < -0.39 is 0 Å². The highest BCUT2D eigenvalue weighted by molar-refractivity contribution is 7.16. The van der Waals surface area contributed by atoms with E-state index in [1.165, 1.54) is 6.20 Å². The first-order valence-corrected chi connectivity index (χ1v) is 6.31. The Kier molecular flexibility index (Phi) is 4.11. The molecule has 1 N–H and O–H groups in total. The predicted octanol–water partition coefficient (Wildman–Crippen LogP) is 2.20. The number of methoxy groups -OCH3 is 1. The van der Waals surface area contributed by atoms with Crippen molar-refractivity contribution in [2.75, 3.05) is 12.4 Å². The molecule has 0 bridgehead atoms. The lowest BCUT2D eigenvalue weighted by molar-refractivity contribution is -0.115. The summed E-state index contributed by atoms with van der Waals surface area (Å²) >= 11 is 1.15. The normalized spacial score (nSPS) is 9.68. The third kappa shape index (κ3) is 3.53. The van der Waals surface area contributed by atoms with Gasteiger partial charge in [0.2, 0.25) is 5.91 Å². The minimum Gasteiger partial charge on any atom is -0.497 e. The topological polar surface area (TPSA) is 75.0 Å². The SMILES string of the molecule is COc1cccc(CC(=O)Nc2ncc(C#N)s2)c1. The van der Waals surface area contributed by atoms with Crippen LogP contribution in [-0.2, 0) is 11.2 Å². The summed E-state index contributed by atoms with van der Waals surface area (Å²) in [6.45, 7) is 0. The maximum Gasteiger partial charge on any atom is 0.230 e.